The second-order valence-electron chi connectivity index (χ2n) is 5.76. The lowest BCUT2D eigenvalue weighted by atomic mass is 9.77. The highest BCUT2D eigenvalue weighted by molar-refractivity contribution is 5.70. The normalized spacial score (nSPS) is 35.6. The van der Waals surface area contributed by atoms with Gasteiger partial charge >= 0.3 is 5.97 Å². The van der Waals surface area contributed by atoms with E-state index in [-0.39, 0.29) is 11.4 Å². The highest BCUT2D eigenvalue weighted by atomic mass is 16.5. The van der Waals surface area contributed by atoms with E-state index in [2.05, 4.69) is 19.1 Å². The Bertz CT molecular complexity index is 294. The summed E-state index contributed by atoms with van der Waals surface area (Å²) in [7, 11) is 0. The average Bonchev–Trinajstić information content (AvgIpc) is 2.52. The van der Waals surface area contributed by atoms with Gasteiger partial charge in [-0.05, 0) is 63.2 Å². The third-order valence-corrected chi connectivity index (χ3v) is 4.58. The molecule has 0 amide bonds. The maximum absolute atomic E-state index is 11.8. The minimum atomic E-state index is -0.00157. The van der Waals surface area contributed by atoms with Gasteiger partial charge < -0.3 is 4.74 Å². The first kappa shape index (κ1) is 12.7. The number of carbonyl (C=O) groups excluding carboxylic acids is 1. The van der Waals surface area contributed by atoms with Crippen molar-refractivity contribution < 1.29 is 9.53 Å². The lowest BCUT2D eigenvalue weighted by Crippen LogP contribution is -2.22. The molecular weight excluding hydrogens is 212 g/mol. The summed E-state index contributed by atoms with van der Waals surface area (Å²) in [5.41, 5.74) is 0.213. The van der Waals surface area contributed by atoms with Crippen LogP contribution in [0.15, 0.2) is 12.2 Å². The van der Waals surface area contributed by atoms with Crippen LogP contribution in [0.25, 0.3) is 0 Å². The first-order chi connectivity index (χ1) is 8.19. The molecule has 2 aliphatic carbocycles. The van der Waals surface area contributed by atoms with Crippen molar-refractivity contribution in [2.24, 2.45) is 17.3 Å². The molecule has 2 nitrogen and oxygen atoms in total. The van der Waals surface area contributed by atoms with E-state index in [0.717, 1.165) is 18.3 Å². The van der Waals surface area contributed by atoms with E-state index in [1.165, 1.54) is 25.7 Å². The standard InChI is InChI=1S/C15H24O2/c1-3-5-8-15(11-14(16)17-4-2)9-12-6-7-13(12)10-15/h3,5,12-13H,4,6-11H2,1-2H3/b5-3+/t12-,13+,15+. The van der Waals surface area contributed by atoms with Gasteiger partial charge in [-0.2, -0.15) is 0 Å². The van der Waals surface area contributed by atoms with E-state index >= 15 is 0 Å². The zero-order valence-corrected chi connectivity index (χ0v) is 11.1. The molecule has 2 saturated carbocycles. The van der Waals surface area contributed by atoms with Crippen LogP contribution < -0.4 is 0 Å². The number of rotatable bonds is 5. The van der Waals surface area contributed by atoms with Gasteiger partial charge in [0.1, 0.15) is 0 Å². The van der Waals surface area contributed by atoms with Gasteiger partial charge in [-0.3, -0.25) is 4.79 Å². The molecule has 96 valence electrons. The van der Waals surface area contributed by atoms with Crippen molar-refractivity contribution in [3.63, 3.8) is 0 Å². The summed E-state index contributed by atoms with van der Waals surface area (Å²) in [6.07, 6.45) is 11.2. The molecule has 0 N–H and O–H groups in total. The van der Waals surface area contributed by atoms with Gasteiger partial charge in [-0.15, -0.1) is 0 Å². The Morgan fingerprint density at radius 2 is 2.00 bits per heavy atom. The molecule has 0 bridgehead atoms. The minimum Gasteiger partial charge on any atom is -0.466 e. The van der Waals surface area contributed by atoms with Crippen molar-refractivity contribution in [3.8, 4) is 0 Å². The quantitative estimate of drug-likeness (QED) is 0.537. The molecular formula is C15H24O2. The zero-order chi connectivity index (χ0) is 12.3. The summed E-state index contributed by atoms with van der Waals surface area (Å²) in [6.45, 7) is 4.45. The van der Waals surface area contributed by atoms with Gasteiger partial charge in [0.15, 0.2) is 0 Å². The molecule has 0 heterocycles. The first-order valence-corrected chi connectivity index (χ1v) is 6.96. The Morgan fingerprint density at radius 1 is 1.35 bits per heavy atom. The molecule has 0 spiro atoms. The van der Waals surface area contributed by atoms with Gasteiger partial charge in [0.25, 0.3) is 0 Å². The smallest absolute Gasteiger partial charge is 0.306 e. The number of ether oxygens (including phenoxy) is 1. The maximum atomic E-state index is 11.8. The summed E-state index contributed by atoms with van der Waals surface area (Å²) in [5, 5.41) is 0. The van der Waals surface area contributed by atoms with Crippen molar-refractivity contribution in [3.05, 3.63) is 12.2 Å². The second-order valence-corrected chi connectivity index (χ2v) is 5.76. The molecule has 2 heteroatoms. The molecule has 0 saturated heterocycles. The SMILES string of the molecule is C/C=C/C[C@]1(CC(=O)OCC)C[C@H]2CC[C@H]2C1. The van der Waals surface area contributed by atoms with Crippen molar-refractivity contribution >= 4 is 5.97 Å². The van der Waals surface area contributed by atoms with E-state index in [1.807, 2.05) is 6.92 Å². The number of carbonyl (C=O) groups is 1. The summed E-state index contributed by atoms with van der Waals surface area (Å²) in [6, 6.07) is 0. The van der Waals surface area contributed by atoms with E-state index in [9.17, 15) is 4.79 Å². The topological polar surface area (TPSA) is 26.3 Å². The fourth-order valence-electron chi connectivity index (χ4n) is 3.64. The molecule has 3 atom stereocenters. The number of allylic oxidation sites excluding steroid dienone is 2. The molecule has 17 heavy (non-hydrogen) atoms. The number of hydrogen-bond donors (Lipinski definition) is 0. The van der Waals surface area contributed by atoms with Crippen LogP contribution in [0.4, 0.5) is 0 Å². The highest BCUT2D eigenvalue weighted by Gasteiger charge is 2.49. The lowest BCUT2D eigenvalue weighted by molar-refractivity contribution is -0.145. The predicted octanol–water partition coefficient (Wildman–Crippen LogP) is 3.71. The Kier molecular flexibility index (Phi) is 3.90. The summed E-state index contributed by atoms with van der Waals surface area (Å²) in [4.78, 5) is 11.8. The molecule has 0 aromatic rings. The zero-order valence-electron chi connectivity index (χ0n) is 11.1. The molecule has 0 unspecified atom stereocenters. The molecule has 2 aliphatic rings. The maximum Gasteiger partial charge on any atom is 0.306 e. The van der Waals surface area contributed by atoms with Crippen LogP contribution in [-0.2, 0) is 9.53 Å². The van der Waals surface area contributed by atoms with Crippen LogP contribution in [0.3, 0.4) is 0 Å². The largest absolute Gasteiger partial charge is 0.466 e. The van der Waals surface area contributed by atoms with Crippen LogP contribution in [0.1, 0.15) is 52.4 Å². The number of esters is 1. The Morgan fingerprint density at radius 3 is 2.47 bits per heavy atom. The number of fused-ring (bicyclic) bond motifs is 1. The fourth-order valence-corrected chi connectivity index (χ4v) is 3.64. The summed E-state index contributed by atoms with van der Waals surface area (Å²) < 4.78 is 5.14. The average molecular weight is 236 g/mol. The third kappa shape index (κ3) is 2.72. The van der Waals surface area contributed by atoms with Crippen LogP contribution >= 0.6 is 0 Å². The lowest BCUT2D eigenvalue weighted by Gasteiger charge is -2.29. The molecule has 2 rings (SSSR count). The van der Waals surface area contributed by atoms with Gasteiger partial charge in [0.2, 0.25) is 0 Å². The van der Waals surface area contributed by atoms with E-state index in [4.69, 9.17) is 4.74 Å². The van der Waals surface area contributed by atoms with Gasteiger partial charge in [-0.1, -0.05) is 12.2 Å². The molecule has 0 aromatic carbocycles. The fraction of sp³-hybridized carbons (Fsp3) is 0.800. The van der Waals surface area contributed by atoms with Gasteiger partial charge in [0, 0.05) is 0 Å². The van der Waals surface area contributed by atoms with Crippen LogP contribution in [0, 0.1) is 17.3 Å². The summed E-state index contributed by atoms with van der Waals surface area (Å²) >= 11 is 0. The van der Waals surface area contributed by atoms with Crippen LogP contribution in [0.5, 0.6) is 0 Å². The molecule has 0 aliphatic heterocycles. The minimum absolute atomic E-state index is 0.00157. The summed E-state index contributed by atoms with van der Waals surface area (Å²) in [5.74, 6) is 1.79. The Balaban J connectivity index is 1.99. The molecule has 2 fully saturated rings. The van der Waals surface area contributed by atoms with Gasteiger partial charge in [-0.25, -0.2) is 0 Å². The Hall–Kier alpha value is -0.790. The highest BCUT2D eigenvalue weighted by Crippen LogP contribution is 2.58. The number of hydrogen-bond acceptors (Lipinski definition) is 2. The van der Waals surface area contributed by atoms with E-state index in [0.29, 0.717) is 13.0 Å². The third-order valence-electron chi connectivity index (χ3n) is 4.58. The van der Waals surface area contributed by atoms with Crippen molar-refractivity contribution in [2.45, 2.75) is 52.4 Å². The van der Waals surface area contributed by atoms with Crippen molar-refractivity contribution in [2.75, 3.05) is 6.61 Å². The van der Waals surface area contributed by atoms with Crippen molar-refractivity contribution in [1.82, 2.24) is 0 Å². The van der Waals surface area contributed by atoms with Gasteiger partial charge in [0.05, 0.1) is 13.0 Å². The predicted molar refractivity (Wildman–Crippen MR) is 68.6 cm³/mol. The van der Waals surface area contributed by atoms with E-state index in [1.54, 1.807) is 0 Å². The van der Waals surface area contributed by atoms with E-state index < -0.39 is 0 Å². The monoisotopic (exact) mass is 236 g/mol. The molecule has 0 aromatic heterocycles. The van der Waals surface area contributed by atoms with Crippen molar-refractivity contribution in [1.29, 1.82) is 0 Å². The van der Waals surface area contributed by atoms with Crippen LogP contribution in [0.2, 0.25) is 0 Å². The van der Waals surface area contributed by atoms with Crippen LogP contribution in [-0.4, -0.2) is 12.6 Å². The molecule has 0 radical (unpaired) electrons. The first-order valence-electron chi connectivity index (χ1n) is 6.96. The Labute approximate surface area is 104 Å². The second kappa shape index (κ2) is 5.24.